The van der Waals surface area contributed by atoms with Crippen LogP contribution in [0, 0.1) is 17.5 Å². The molecule has 0 bridgehead atoms. The molecule has 0 saturated heterocycles. The largest absolute Gasteiger partial charge is 0.338 e. The zero-order valence-corrected chi connectivity index (χ0v) is 14.2. The monoisotopic (exact) mass is 372 g/mol. The van der Waals surface area contributed by atoms with Gasteiger partial charge in [0.05, 0.1) is 11.9 Å². The predicted octanol–water partition coefficient (Wildman–Crippen LogP) is 3.84. The fourth-order valence-corrected chi connectivity index (χ4v) is 2.78. The molecule has 3 aromatic rings. The molecule has 27 heavy (non-hydrogen) atoms. The molecule has 3 N–H and O–H groups in total. The van der Waals surface area contributed by atoms with E-state index in [2.05, 4.69) is 26.0 Å². The van der Waals surface area contributed by atoms with Gasteiger partial charge in [-0.3, -0.25) is 0 Å². The van der Waals surface area contributed by atoms with Gasteiger partial charge in [0.25, 0.3) is 0 Å². The third kappa shape index (κ3) is 3.49. The molecule has 9 heteroatoms. The van der Waals surface area contributed by atoms with Crippen molar-refractivity contribution in [1.29, 1.82) is 0 Å². The van der Waals surface area contributed by atoms with Crippen molar-refractivity contribution < 1.29 is 13.2 Å². The minimum atomic E-state index is -1.04. The van der Waals surface area contributed by atoms with E-state index in [1.165, 1.54) is 6.07 Å². The molecule has 0 amide bonds. The van der Waals surface area contributed by atoms with Crippen LogP contribution in [-0.2, 0) is 6.54 Å². The fraction of sp³-hybridized carbons (Fsp3) is 0.111. The number of hydrogen-bond acceptors (Lipinski definition) is 6. The number of benzene rings is 2. The Hall–Kier alpha value is -3.33. The van der Waals surface area contributed by atoms with Crippen LogP contribution in [0.15, 0.2) is 42.6 Å². The summed E-state index contributed by atoms with van der Waals surface area (Å²) in [6.45, 7) is 0.703. The summed E-state index contributed by atoms with van der Waals surface area (Å²) in [5.74, 6) is -2.72. The number of aromatic nitrogens is 2. The Labute approximate surface area is 153 Å². The highest BCUT2D eigenvalue weighted by Crippen LogP contribution is 2.28. The zero-order valence-electron chi connectivity index (χ0n) is 14.2. The smallest absolute Gasteiger partial charge is 0.229 e. The van der Waals surface area contributed by atoms with Crippen LogP contribution >= 0.6 is 0 Å². The predicted molar refractivity (Wildman–Crippen MR) is 96.6 cm³/mol. The van der Waals surface area contributed by atoms with E-state index in [1.54, 1.807) is 0 Å². The topological polar surface area (TPSA) is 65.1 Å². The summed E-state index contributed by atoms with van der Waals surface area (Å²) in [4.78, 5) is 7.99. The maximum Gasteiger partial charge on any atom is 0.229 e. The maximum atomic E-state index is 14.0. The molecule has 1 aliphatic rings. The molecular formula is C18H15F3N6. The van der Waals surface area contributed by atoms with Gasteiger partial charge in [0.2, 0.25) is 5.95 Å². The molecule has 2 heterocycles. The standard InChI is InChI=1S/C18H15F3N6/c1-27-16-5-3-11(6-10(16)8-23-27)25-18-22-9-15(21)17(26-18)24-12-2-4-13(19)14(20)7-12/h2-7,9,23H,8H2,1H3,(H2,22,24,25,26). The molecular weight excluding hydrogens is 357 g/mol. The normalized spacial score (nSPS) is 12.8. The van der Waals surface area contributed by atoms with Crippen molar-refractivity contribution in [2.45, 2.75) is 6.54 Å². The summed E-state index contributed by atoms with van der Waals surface area (Å²) in [6, 6.07) is 8.91. The average molecular weight is 372 g/mol. The van der Waals surface area contributed by atoms with Gasteiger partial charge in [-0.2, -0.15) is 4.98 Å². The molecule has 4 rings (SSSR count). The lowest BCUT2D eigenvalue weighted by molar-refractivity contribution is 0.509. The van der Waals surface area contributed by atoms with Gasteiger partial charge in [0.15, 0.2) is 23.3 Å². The molecule has 0 aliphatic carbocycles. The Morgan fingerprint density at radius 1 is 0.963 bits per heavy atom. The molecule has 0 fully saturated rings. The number of nitrogens with one attached hydrogen (secondary N) is 3. The molecule has 0 atom stereocenters. The highest BCUT2D eigenvalue weighted by atomic mass is 19.2. The van der Waals surface area contributed by atoms with Crippen molar-refractivity contribution >= 4 is 28.8 Å². The molecule has 0 spiro atoms. The Morgan fingerprint density at radius 3 is 2.56 bits per heavy atom. The third-order valence-electron chi connectivity index (χ3n) is 4.13. The Morgan fingerprint density at radius 2 is 1.74 bits per heavy atom. The second-order valence-electron chi connectivity index (χ2n) is 6.01. The molecule has 6 nitrogen and oxygen atoms in total. The second-order valence-corrected chi connectivity index (χ2v) is 6.01. The van der Waals surface area contributed by atoms with Gasteiger partial charge >= 0.3 is 0 Å². The first kappa shape index (κ1) is 17.1. The number of rotatable bonds is 4. The number of hydrazine groups is 1. The van der Waals surface area contributed by atoms with E-state index in [9.17, 15) is 13.2 Å². The first-order valence-electron chi connectivity index (χ1n) is 8.11. The van der Waals surface area contributed by atoms with Gasteiger partial charge < -0.3 is 15.6 Å². The molecule has 0 radical (unpaired) electrons. The third-order valence-corrected chi connectivity index (χ3v) is 4.13. The van der Waals surface area contributed by atoms with E-state index in [-0.39, 0.29) is 17.5 Å². The molecule has 2 aromatic carbocycles. The Bertz CT molecular complexity index is 1010. The Balaban J connectivity index is 1.56. The van der Waals surface area contributed by atoms with Gasteiger partial charge in [-0.05, 0) is 35.9 Å². The summed E-state index contributed by atoms with van der Waals surface area (Å²) in [7, 11) is 1.93. The molecule has 0 saturated carbocycles. The number of hydrogen-bond donors (Lipinski definition) is 3. The van der Waals surface area contributed by atoms with Gasteiger partial charge in [-0.1, -0.05) is 0 Å². The lowest BCUT2D eigenvalue weighted by Crippen LogP contribution is -2.26. The number of nitrogens with zero attached hydrogens (tertiary/aromatic N) is 3. The molecule has 1 aliphatic heterocycles. The first-order valence-corrected chi connectivity index (χ1v) is 8.11. The SMILES string of the molecule is CN1NCc2cc(Nc3ncc(F)c(Nc4ccc(F)c(F)c4)n3)ccc21. The van der Waals surface area contributed by atoms with Gasteiger partial charge in [0.1, 0.15) is 0 Å². The number of anilines is 5. The lowest BCUT2D eigenvalue weighted by Gasteiger charge is -2.13. The van der Waals surface area contributed by atoms with E-state index >= 15 is 0 Å². The highest BCUT2D eigenvalue weighted by molar-refractivity contribution is 5.66. The highest BCUT2D eigenvalue weighted by Gasteiger charge is 2.16. The average Bonchev–Trinajstić information content (AvgIpc) is 3.01. The van der Waals surface area contributed by atoms with Crippen LogP contribution in [0.25, 0.3) is 0 Å². The Kier molecular flexibility index (Phi) is 4.28. The van der Waals surface area contributed by atoms with Crippen molar-refractivity contribution in [3.8, 4) is 0 Å². The summed E-state index contributed by atoms with van der Waals surface area (Å²) in [5.41, 5.74) is 6.27. The second kappa shape index (κ2) is 6.76. The van der Waals surface area contributed by atoms with Crippen LogP contribution in [-0.4, -0.2) is 17.0 Å². The number of fused-ring (bicyclic) bond motifs is 1. The van der Waals surface area contributed by atoms with E-state index in [0.29, 0.717) is 6.54 Å². The molecule has 138 valence electrons. The van der Waals surface area contributed by atoms with Crippen molar-refractivity contribution in [2.75, 3.05) is 22.7 Å². The van der Waals surface area contributed by atoms with Gasteiger partial charge in [-0.15, -0.1) is 0 Å². The van der Waals surface area contributed by atoms with Crippen molar-refractivity contribution in [3.05, 3.63) is 65.6 Å². The summed E-state index contributed by atoms with van der Waals surface area (Å²) < 4.78 is 40.3. The number of halogens is 3. The zero-order chi connectivity index (χ0) is 19.0. The summed E-state index contributed by atoms with van der Waals surface area (Å²) in [6.07, 6.45) is 1.00. The van der Waals surface area contributed by atoms with E-state index < -0.39 is 17.5 Å². The van der Waals surface area contributed by atoms with Crippen LogP contribution in [0.3, 0.4) is 0 Å². The minimum absolute atomic E-state index is 0.152. The lowest BCUT2D eigenvalue weighted by atomic mass is 10.1. The van der Waals surface area contributed by atoms with Crippen LogP contribution in [0.1, 0.15) is 5.56 Å². The van der Waals surface area contributed by atoms with E-state index in [1.807, 2.05) is 30.3 Å². The summed E-state index contributed by atoms with van der Waals surface area (Å²) >= 11 is 0. The minimum Gasteiger partial charge on any atom is -0.338 e. The molecule has 1 aromatic heterocycles. The van der Waals surface area contributed by atoms with Crippen molar-refractivity contribution in [2.24, 2.45) is 0 Å². The van der Waals surface area contributed by atoms with Crippen molar-refractivity contribution in [3.63, 3.8) is 0 Å². The summed E-state index contributed by atoms with van der Waals surface area (Å²) in [5, 5.41) is 7.57. The fourth-order valence-electron chi connectivity index (χ4n) is 2.78. The maximum absolute atomic E-state index is 14.0. The van der Waals surface area contributed by atoms with Gasteiger partial charge in [-0.25, -0.2) is 23.6 Å². The van der Waals surface area contributed by atoms with Crippen LogP contribution in [0.2, 0.25) is 0 Å². The van der Waals surface area contributed by atoms with Crippen LogP contribution < -0.4 is 21.1 Å². The van der Waals surface area contributed by atoms with Gasteiger partial charge in [0, 0.05) is 31.0 Å². The quantitative estimate of drug-likeness (QED) is 0.647. The molecule has 0 unspecified atom stereocenters. The van der Waals surface area contributed by atoms with Crippen molar-refractivity contribution in [1.82, 2.24) is 15.4 Å². The first-order chi connectivity index (χ1) is 13.0. The van der Waals surface area contributed by atoms with E-state index in [0.717, 1.165) is 35.3 Å². The van der Waals surface area contributed by atoms with Crippen LogP contribution in [0.4, 0.5) is 42.0 Å². The van der Waals surface area contributed by atoms with Crippen LogP contribution in [0.5, 0.6) is 0 Å². The van der Waals surface area contributed by atoms with E-state index in [4.69, 9.17) is 0 Å².